The molecule has 0 fully saturated rings. The summed E-state index contributed by atoms with van der Waals surface area (Å²) in [4.78, 5) is 12.0. The van der Waals surface area contributed by atoms with E-state index in [1.165, 1.54) is 13.2 Å². The first-order chi connectivity index (χ1) is 11.6. The summed E-state index contributed by atoms with van der Waals surface area (Å²) in [5.41, 5.74) is 1.80. The highest BCUT2D eigenvalue weighted by Crippen LogP contribution is 2.29. The van der Waals surface area contributed by atoms with Gasteiger partial charge in [0.25, 0.3) is 0 Å². The van der Waals surface area contributed by atoms with E-state index in [9.17, 15) is 4.79 Å². The zero-order chi connectivity index (χ0) is 17.4. The molecule has 0 unspecified atom stereocenters. The van der Waals surface area contributed by atoms with Gasteiger partial charge in [-0.15, -0.1) is 0 Å². The maximum absolute atomic E-state index is 12.0. The summed E-state index contributed by atoms with van der Waals surface area (Å²) >= 11 is 5.83. The van der Waals surface area contributed by atoms with Gasteiger partial charge >= 0.3 is 5.97 Å². The highest BCUT2D eigenvalue weighted by Gasteiger charge is 2.11. The van der Waals surface area contributed by atoms with Gasteiger partial charge in [-0.05, 0) is 47.9 Å². The third-order valence-electron chi connectivity index (χ3n) is 3.29. The van der Waals surface area contributed by atoms with Crippen LogP contribution < -0.4 is 9.47 Å². The minimum Gasteiger partial charge on any atom is -0.493 e. The van der Waals surface area contributed by atoms with Crippen molar-refractivity contribution in [1.82, 2.24) is 0 Å². The second kappa shape index (κ2) is 8.76. The monoisotopic (exact) mass is 341 g/mol. The number of hydrogen-bond acceptors (Lipinski definition) is 4. The average Bonchev–Trinajstić information content (AvgIpc) is 2.60. The van der Waals surface area contributed by atoms with Crippen molar-refractivity contribution in [2.24, 2.45) is 0 Å². The molecule has 24 heavy (non-hydrogen) atoms. The van der Waals surface area contributed by atoms with E-state index < -0.39 is 0 Å². The Balaban J connectivity index is 1.99. The summed E-state index contributed by atoms with van der Waals surface area (Å²) in [7, 11) is 1.50. The Labute approximate surface area is 145 Å². The summed E-state index contributed by atoms with van der Waals surface area (Å²) in [6.45, 7) is 0. The van der Waals surface area contributed by atoms with E-state index in [0.717, 1.165) is 11.1 Å². The fourth-order valence-corrected chi connectivity index (χ4v) is 2.20. The van der Waals surface area contributed by atoms with Crippen molar-refractivity contribution in [3.63, 3.8) is 0 Å². The van der Waals surface area contributed by atoms with Crippen LogP contribution in [0.5, 0.6) is 11.5 Å². The number of hydrogen-bond donors (Lipinski definition) is 0. The number of aryl methyl sites for hydroxylation is 1. The maximum Gasteiger partial charge on any atom is 0.311 e. The number of carbonyl (C=O) groups is 1. The predicted octanol–water partition coefficient (Wildman–Crippen LogP) is 4.42. The highest BCUT2D eigenvalue weighted by molar-refractivity contribution is 6.30. The van der Waals surface area contributed by atoms with Crippen molar-refractivity contribution >= 4 is 23.6 Å². The molecule has 2 aromatic carbocycles. The van der Waals surface area contributed by atoms with Crippen molar-refractivity contribution < 1.29 is 14.3 Å². The second-order valence-corrected chi connectivity index (χ2v) is 5.41. The van der Waals surface area contributed by atoms with Crippen molar-refractivity contribution in [3.05, 3.63) is 64.7 Å². The standard InChI is InChI=1S/C19H16ClNO3/c1-23-18-13-15(3-2-12-21)6-10-17(18)24-19(22)11-7-14-4-8-16(20)9-5-14/h2-6,8-10,13H,7,11H2,1H3/b3-2-. The molecule has 2 aromatic rings. The summed E-state index contributed by atoms with van der Waals surface area (Å²) in [6.07, 6.45) is 3.84. The number of esters is 1. The lowest BCUT2D eigenvalue weighted by Crippen LogP contribution is -2.09. The summed E-state index contributed by atoms with van der Waals surface area (Å²) in [5, 5.41) is 9.21. The van der Waals surface area contributed by atoms with Crippen LogP contribution in [0.15, 0.2) is 48.5 Å². The quantitative estimate of drug-likeness (QED) is 0.443. The van der Waals surface area contributed by atoms with Gasteiger partial charge in [0.1, 0.15) is 0 Å². The molecule has 122 valence electrons. The molecule has 0 aliphatic rings. The molecule has 2 rings (SSSR count). The Hall–Kier alpha value is -2.77. The first-order valence-electron chi connectivity index (χ1n) is 7.31. The molecule has 0 N–H and O–H groups in total. The minimum absolute atomic E-state index is 0.251. The van der Waals surface area contributed by atoms with Crippen LogP contribution in [-0.2, 0) is 11.2 Å². The molecule has 0 atom stereocenters. The number of benzene rings is 2. The second-order valence-electron chi connectivity index (χ2n) is 4.97. The number of nitriles is 1. The molecular weight excluding hydrogens is 326 g/mol. The first kappa shape index (κ1) is 17.6. The maximum atomic E-state index is 12.0. The minimum atomic E-state index is -0.344. The van der Waals surface area contributed by atoms with Crippen molar-refractivity contribution in [1.29, 1.82) is 5.26 Å². The van der Waals surface area contributed by atoms with Crippen LogP contribution in [0.3, 0.4) is 0 Å². The molecule has 5 heteroatoms. The lowest BCUT2D eigenvalue weighted by Gasteiger charge is -2.10. The van der Waals surface area contributed by atoms with Crippen molar-refractivity contribution in [2.45, 2.75) is 12.8 Å². The Morgan fingerprint density at radius 3 is 2.62 bits per heavy atom. The van der Waals surface area contributed by atoms with Crippen LogP contribution in [0.25, 0.3) is 6.08 Å². The largest absolute Gasteiger partial charge is 0.493 e. The van der Waals surface area contributed by atoms with Crippen LogP contribution in [0.2, 0.25) is 5.02 Å². The fourth-order valence-electron chi connectivity index (χ4n) is 2.08. The van der Waals surface area contributed by atoms with Gasteiger partial charge < -0.3 is 9.47 Å². The average molecular weight is 342 g/mol. The van der Waals surface area contributed by atoms with E-state index in [-0.39, 0.29) is 12.4 Å². The predicted molar refractivity (Wildman–Crippen MR) is 93.0 cm³/mol. The van der Waals surface area contributed by atoms with Crippen LogP contribution in [-0.4, -0.2) is 13.1 Å². The molecule has 0 aliphatic heterocycles. The summed E-state index contributed by atoms with van der Waals surface area (Å²) < 4.78 is 10.6. The molecule has 0 saturated heterocycles. The smallest absolute Gasteiger partial charge is 0.311 e. The molecular formula is C19H16ClNO3. The Morgan fingerprint density at radius 2 is 1.96 bits per heavy atom. The van der Waals surface area contributed by atoms with Gasteiger partial charge in [0, 0.05) is 17.5 Å². The third-order valence-corrected chi connectivity index (χ3v) is 3.54. The number of nitrogens with zero attached hydrogens (tertiary/aromatic N) is 1. The van der Waals surface area contributed by atoms with E-state index in [2.05, 4.69) is 0 Å². The SMILES string of the molecule is COc1cc(/C=C\C#N)ccc1OC(=O)CCc1ccc(Cl)cc1. The summed E-state index contributed by atoms with van der Waals surface area (Å²) in [6, 6.07) is 14.4. The normalized spacial score (nSPS) is 10.4. The zero-order valence-corrected chi connectivity index (χ0v) is 13.9. The molecule has 0 aliphatic carbocycles. The van der Waals surface area contributed by atoms with E-state index >= 15 is 0 Å². The number of rotatable bonds is 6. The highest BCUT2D eigenvalue weighted by atomic mass is 35.5. The van der Waals surface area contributed by atoms with Gasteiger partial charge in [-0.1, -0.05) is 29.8 Å². The van der Waals surface area contributed by atoms with Crippen LogP contribution in [0.4, 0.5) is 0 Å². The molecule has 0 saturated carbocycles. The molecule has 0 amide bonds. The number of carbonyl (C=O) groups excluding carboxylic acids is 1. The number of ether oxygens (including phenoxy) is 2. The van der Waals surface area contributed by atoms with Crippen molar-refractivity contribution in [3.8, 4) is 17.6 Å². The summed E-state index contributed by atoms with van der Waals surface area (Å²) in [5.74, 6) is 0.450. The van der Waals surface area contributed by atoms with Gasteiger partial charge in [-0.2, -0.15) is 5.26 Å². The van der Waals surface area contributed by atoms with Crippen LogP contribution in [0, 0.1) is 11.3 Å². The van der Waals surface area contributed by atoms with Crippen LogP contribution in [0.1, 0.15) is 17.5 Å². The van der Waals surface area contributed by atoms with Crippen LogP contribution >= 0.6 is 11.6 Å². The van der Waals surface area contributed by atoms with Gasteiger partial charge in [-0.25, -0.2) is 0 Å². The molecule has 0 aromatic heterocycles. The lowest BCUT2D eigenvalue weighted by atomic mass is 10.1. The van der Waals surface area contributed by atoms with Gasteiger partial charge in [0.15, 0.2) is 11.5 Å². The van der Waals surface area contributed by atoms with Gasteiger partial charge in [0.05, 0.1) is 13.2 Å². The van der Waals surface area contributed by atoms with Crippen molar-refractivity contribution in [2.75, 3.05) is 7.11 Å². The first-order valence-corrected chi connectivity index (χ1v) is 7.69. The van der Waals surface area contributed by atoms with E-state index in [1.54, 1.807) is 36.4 Å². The molecule has 0 spiro atoms. The third kappa shape index (κ3) is 5.15. The number of allylic oxidation sites excluding steroid dienone is 1. The Bertz CT molecular complexity index is 776. The molecule has 0 bridgehead atoms. The molecule has 0 radical (unpaired) electrons. The Morgan fingerprint density at radius 1 is 1.21 bits per heavy atom. The van der Waals surface area contributed by atoms with E-state index in [4.69, 9.17) is 26.3 Å². The number of halogens is 1. The van der Waals surface area contributed by atoms with Gasteiger partial charge in [-0.3, -0.25) is 4.79 Å². The van der Waals surface area contributed by atoms with Gasteiger partial charge in [0.2, 0.25) is 0 Å². The lowest BCUT2D eigenvalue weighted by molar-refractivity contribution is -0.134. The van der Waals surface area contributed by atoms with E-state index in [0.29, 0.717) is 22.9 Å². The molecule has 4 nitrogen and oxygen atoms in total. The number of methoxy groups -OCH3 is 1. The zero-order valence-electron chi connectivity index (χ0n) is 13.2. The fraction of sp³-hybridized carbons (Fsp3) is 0.158. The van der Waals surface area contributed by atoms with E-state index in [1.807, 2.05) is 18.2 Å². The molecule has 0 heterocycles. The topological polar surface area (TPSA) is 59.3 Å². The Kier molecular flexibility index (Phi) is 6.41.